The van der Waals surface area contributed by atoms with Gasteiger partial charge in [0.05, 0.1) is 22.7 Å². The lowest BCUT2D eigenvalue weighted by molar-refractivity contribution is -0.130. The molecule has 2 atom stereocenters. The van der Waals surface area contributed by atoms with Gasteiger partial charge in [0, 0.05) is 26.3 Å². The lowest BCUT2D eigenvalue weighted by Gasteiger charge is -2.37. The number of nitrogens with one attached hydrogen (secondary N) is 3. The number of aromatic nitrogens is 2. The number of carbonyl (C=O) groups excluding carboxylic acids is 4. The molecular weight excluding hydrogens is 422 g/mol. The van der Waals surface area contributed by atoms with E-state index in [1.807, 2.05) is 6.92 Å². The van der Waals surface area contributed by atoms with Gasteiger partial charge in [0.15, 0.2) is 11.0 Å². The first-order valence-corrected chi connectivity index (χ1v) is 10.1. The number of nitrogens with zero attached hydrogens (tertiary/aromatic N) is 2. The molecule has 2 saturated heterocycles. The highest BCUT2D eigenvalue weighted by atomic mass is 35.5. The fourth-order valence-electron chi connectivity index (χ4n) is 3.11. The maximum Gasteiger partial charge on any atom is 0.290 e. The zero-order valence-electron chi connectivity index (χ0n) is 15.8. The van der Waals surface area contributed by atoms with Crippen LogP contribution < -0.4 is 10.6 Å². The second kappa shape index (κ2) is 8.97. The number of rotatable bonds is 5. The fourth-order valence-corrected chi connectivity index (χ4v) is 4.02. The van der Waals surface area contributed by atoms with Gasteiger partial charge in [0.25, 0.3) is 17.1 Å². The second-order valence-electron chi connectivity index (χ2n) is 6.49. The van der Waals surface area contributed by atoms with Gasteiger partial charge in [-0.05, 0) is 24.6 Å². The Hall–Kier alpha value is -2.37. The minimum atomic E-state index is -0.581. The standard InChI is InChI=1S/C17H20ClN5O5S/c1-3-8-13(18)21-14(19-8)16(26)20-9-4-5-23(7-10(9)28-2)12(24)6-11-15(25)22-17(27)29-11/h6,9-10H,3-5,7H2,1-2H3,(H,19,21)(H,20,26)(H,22,25,27)/b11-6-/t9-,10+/m1/s1. The van der Waals surface area contributed by atoms with Crippen LogP contribution in [0.3, 0.4) is 0 Å². The van der Waals surface area contributed by atoms with Crippen molar-refractivity contribution in [1.29, 1.82) is 0 Å². The van der Waals surface area contributed by atoms with Crippen molar-refractivity contribution in [3.05, 3.63) is 27.7 Å². The molecule has 0 bridgehead atoms. The molecule has 0 unspecified atom stereocenters. The summed E-state index contributed by atoms with van der Waals surface area (Å²) in [6, 6.07) is -0.330. The molecule has 3 heterocycles. The van der Waals surface area contributed by atoms with Crippen LogP contribution in [0.1, 0.15) is 29.7 Å². The predicted molar refractivity (Wildman–Crippen MR) is 105 cm³/mol. The summed E-state index contributed by atoms with van der Waals surface area (Å²) in [6.45, 7) is 2.48. The average molecular weight is 442 g/mol. The fraction of sp³-hybridized carbons (Fsp3) is 0.471. The quantitative estimate of drug-likeness (QED) is 0.576. The number of halogens is 1. The molecule has 2 aliphatic rings. The maximum absolute atomic E-state index is 12.5. The topological polar surface area (TPSA) is 133 Å². The van der Waals surface area contributed by atoms with Crippen molar-refractivity contribution in [2.75, 3.05) is 20.2 Å². The van der Waals surface area contributed by atoms with Crippen molar-refractivity contribution in [2.24, 2.45) is 0 Å². The number of ether oxygens (including phenoxy) is 1. The average Bonchev–Trinajstić information content (AvgIpc) is 3.22. The minimum Gasteiger partial charge on any atom is -0.377 e. The molecule has 0 aromatic carbocycles. The molecular formula is C17H20ClN5O5S. The van der Waals surface area contributed by atoms with E-state index in [4.69, 9.17) is 16.3 Å². The van der Waals surface area contributed by atoms with Crippen LogP contribution in [0.25, 0.3) is 0 Å². The third-order valence-corrected chi connectivity index (χ3v) is 5.81. The molecule has 29 heavy (non-hydrogen) atoms. The third-order valence-electron chi connectivity index (χ3n) is 4.68. The van der Waals surface area contributed by atoms with Crippen molar-refractivity contribution in [3.63, 3.8) is 0 Å². The molecule has 1 aromatic rings. The number of amides is 4. The number of aryl methyl sites for hydroxylation is 1. The van der Waals surface area contributed by atoms with Gasteiger partial charge < -0.3 is 19.9 Å². The van der Waals surface area contributed by atoms with E-state index in [2.05, 4.69) is 20.6 Å². The Balaban J connectivity index is 1.62. The van der Waals surface area contributed by atoms with Crippen LogP contribution >= 0.6 is 23.4 Å². The first-order valence-electron chi connectivity index (χ1n) is 8.94. The normalized spacial score (nSPS) is 23.4. The molecule has 0 aliphatic carbocycles. The van der Waals surface area contributed by atoms with Crippen LogP contribution in [0.2, 0.25) is 5.15 Å². The van der Waals surface area contributed by atoms with Crippen molar-refractivity contribution < 1.29 is 23.9 Å². The molecule has 3 N–H and O–H groups in total. The van der Waals surface area contributed by atoms with Gasteiger partial charge in [0.1, 0.15) is 0 Å². The zero-order valence-corrected chi connectivity index (χ0v) is 17.4. The smallest absolute Gasteiger partial charge is 0.290 e. The Labute approximate surface area is 175 Å². The number of methoxy groups -OCH3 is 1. The van der Waals surface area contributed by atoms with Gasteiger partial charge in [-0.3, -0.25) is 24.5 Å². The number of imide groups is 1. The number of H-pyrrole nitrogens is 1. The van der Waals surface area contributed by atoms with E-state index in [-0.39, 0.29) is 28.5 Å². The number of piperidine rings is 1. The Bertz CT molecular complexity index is 886. The number of hydrogen-bond acceptors (Lipinski definition) is 7. The van der Waals surface area contributed by atoms with Crippen molar-refractivity contribution >= 4 is 46.3 Å². The van der Waals surface area contributed by atoms with E-state index in [9.17, 15) is 19.2 Å². The molecule has 2 fully saturated rings. The van der Waals surface area contributed by atoms with E-state index < -0.39 is 29.1 Å². The Kier molecular flexibility index (Phi) is 6.60. The SMILES string of the molecule is CCc1[nH]c(C(=O)N[C@@H]2CCN(C(=O)/C=C3\SC(=O)NC3=O)C[C@@H]2OC)nc1Cl. The highest BCUT2D eigenvalue weighted by Crippen LogP contribution is 2.24. The Morgan fingerprint density at radius 3 is 2.79 bits per heavy atom. The summed E-state index contributed by atoms with van der Waals surface area (Å²) < 4.78 is 5.45. The number of aromatic amines is 1. The van der Waals surface area contributed by atoms with Crippen molar-refractivity contribution in [1.82, 2.24) is 25.5 Å². The Morgan fingerprint density at radius 1 is 1.45 bits per heavy atom. The van der Waals surface area contributed by atoms with Gasteiger partial charge in [-0.25, -0.2) is 4.98 Å². The zero-order chi connectivity index (χ0) is 21.1. The highest BCUT2D eigenvalue weighted by Gasteiger charge is 2.34. The minimum absolute atomic E-state index is 0.0609. The van der Waals surface area contributed by atoms with Crippen LogP contribution in [0.5, 0.6) is 0 Å². The number of likely N-dealkylation sites (tertiary alicyclic amines) is 1. The number of carbonyl (C=O) groups is 4. The van der Waals surface area contributed by atoms with Crippen LogP contribution in [-0.2, 0) is 20.7 Å². The summed E-state index contributed by atoms with van der Waals surface area (Å²) >= 11 is 6.67. The number of thioether (sulfide) groups is 1. The lowest BCUT2D eigenvalue weighted by Crippen LogP contribution is -2.56. The second-order valence-corrected chi connectivity index (χ2v) is 7.86. The molecule has 0 spiro atoms. The maximum atomic E-state index is 12.5. The van der Waals surface area contributed by atoms with E-state index >= 15 is 0 Å². The largest absolute Gasteiger partial charge is 0.377 e. The highest BCUT2D eigenvalue weighted by molar-refractivity contribution is 8.18. The lowest BCUT2D eigenvalue weighted by atomic mass is 10.0. The van der Waals surface area contributed by atoms with Crippen LogP contribution in [0, 0.1) is 0 Å². The van der Waals surface area contributed by atoms with Crippen LogP contribution in [0.4, 0.5) is 4.79 Å². The number of hydrogen-bond donors (Lipinski definition) is 3. The van der Waals surface area contributed by atoms with Crippen molar-refractivity contribution in [2.45, 2.75) is 31.9 Å². The van der Waals surface area contributed by atoms with Gasteiger partial charge >= 0.3 is 0 Å². The molecule has 0 radical (unpaired) electrons. The molecule has 10 nitrogen and oxygen atoms in total. The first kappa shape index (κ1) is 21.3. The van der Waals surface area contributed by atoms with E-state index in [0.717, 1.165) is 6.08 Å². The molecule has 4 amide bonds. The first-order chi connectivity index (χ1) is 13.8. The predicted octanol–water partition coefficient (Wildman–Crippen LogP) is 0.838. The molecule has 2 aliphatic heterocycles. The Morgan fingerprint density at radius 2 is 2.21 bits per heavy atom. The monoisotopic (exact) mass is 441 g/mol. The molecule has 3 rings (SSSR count). The molecule has 1 aromatic heterocycles. The summed E-state index contributed by atoms with van der Waals surface area (Å²) in [5.41, 5.74) is 0.681. The molecule has 0 saturated carbocycles. The van der Waals surface area contributed by atoms with Crippen LogP contribution in [0.15, 0.2) is 11.0 Å². The van der Waals surface area contributed by atoms with E-state index in [0.29, 0.717) is 36.8 Å². The van der Waals surface area contributed by atoms with Gasteiger partial charge in [0.2, 0.25) is 5.91 Å². The molecule has 156 valence electrons. The van der Waals surface area contributed by atoms with Crippen LogP contribution in [-0.4, -0.2) is 70.2 Å². The number of imidazole rings is 1. The summed E-state index contributed by atoms with van der Waals surface area (Å²) in [6.07, 6.45) is 1.77. The summed E-state index contributed by atoms with van der Waals surface area (Å²) in [4.78, 5) is 56.2. The summed E-state index contributed by atoms with van der Waals surface area (Å²) in [7, 11) is 1.49. The van der Waals surface area contributed by atoms with Gasteiger partial charge in [-0.1, -0.05) is 18.5 Å². The van der Waals surface area contributed by atoms with Crippen molar-refractivity contribution in [3.8, 4) is 0 Å². The van der Waals surface area contributed by atoms with Gasteiger partial charge in [-0.2, -0.15) is 0 Å². The summed E-state index contributed by atoms with van der Waals surface area (Å²) in [5, 5.41) is 4.73. The van der Waals surface area contributed by atoms with E-state index in [1.165, 1.54) is 12.0 Å². The molecule has 12 heteroatoms. The van der Waals surface area contributed by atoms with E-state index in [1.54, 1.807) is 0 Å². The summed E-state index contributed by atoms with van der Waals surface area (Å²) in [5.74, 6) is -1.26. The third kappa shape index (κ3) is 4.80. The van der Waals surface area contributed by atoms with Gasteiger partial charge in [-0.15, -0.1) is 0 Å².